The minimum Gasteiger partial charge on any atom is -0.389 e. The molecule has 0 saturated carbocycles. The van der Waals surface area contributed by atoms with Gasteiger partial charge in [-0.15, -0.1) is 0 Å². The van der Waals surface area contributed by atoms with Crippen molar-refractivity contribution in [1.82, 2.24) is 0 Å². The van der Waals surface area contributed by atoms with Crippen molar-refractivity contribution >= 4 is 56.3 Å². The molecule has 3 N–H and O–H groups in total. The van der Waals surface area contributed by atoms with Crippen LogP contribution in [-0.4, -0.2) is 10.9 Å². The van der Waals surface area contributed by atoms with E-state index in [9.17, 15) is 4.79 Å². The van der Waals surface area contributed by atoms with Gasteiger partial charge in [0.05, 0.1) is 10.7 Å². The Morgan fingerprint density at radius 3 is 2.60 bits per heavy atom. The number of thiocarbonyl (C=S) groups is 1. The lowest BCUT2D eigenvalue weighted by Gasteiger charge is -2.08. The molecular weight excluding hydrogens is 360 g/mol. The molecule has 0 aliphatic rings. The van der Waals surface area contributed by atoms with Crippen LogP contribution in [0.5, 0.6) is 0 Å². The Bertz CT molecular complexity index is 691. The maximum Gasteiger partial charge on any atom is 0.255 e. The van der Waals surface area contributed by atoms with Crippen LogP contribution in [0.25, 0.3) is 0 Å². The molecule has 0 aliphatic heterocycles. The normalized spacial score (nSPS) is 10.1. The molecule has 0 aromatic heterocycles. The maximum absolute atomic E-state index is 12.2. The van der Waals surface area contributed by atoms with E-state index in [1.807, 2.05) is 0 Å². The van der Waals surface area contributed by atoms with Gasteiger partial charge in [-0.2, -0.15) is 0 Å². The predicted molar refractivity (Wildman–Crippen MR) is 89.4 cm³/mol. The molecule has 0 spiro atoms. The second kappa shape index (κ2) is 6.35. The number of hydrogen-bond acceptors (Lipinski definition) is 2. The molecule has 20 heavy (non-hydrogen) atoms. The van der Waals surface area contributed by atoms with E-state index in [4.69, 9.17) is 29.6 Å². The first-order chi connectivity index (χ1) is 9.47. The van der Waals surface area contributed by atoms with Gasteiger partial charge in [0.15, 0.2) is 0 Å². The lowest BCUT2D eigenvalue weighted by atomic mass is 10.1. The van der Waals surface area contributed by atoms with Gasteiger partial charge in [-0.1, -0.05) is 51.9 Å². The lowest BCUT2D eigenvalue weighted by Crippen LogP contribution is -2.15. The predicted octanol–water partition coefficient (Wildman–Crippen LogP) is 3.99. The number of halogens is 2. The van der Waals surface area contributed by atoms with Crippen LogP contribution < -0.4 is 11.1 Å². The van der Waals surface area contributed by atoms with Crippen molar-refractivity contribution in [2.75, 3.05) is 5.32 Å². The third kappa shape index (κ3) is 3.56. The second-order valence-corrected chi connectivity index (χ2v) is 5.79. The van der Waals surface area contributed by atoms with Crippen LogP contribution in [0.2, 0.25) is 5.02 Å². The molecule has 0 radical (unpaired) electrons. The highest BCUT2D eigenvalue weighted by Gasteiger charge is 2.10. The molecule has 0 fully saturated rings. The molecule has 2 rings (SSSR count). The van der Waals surface area contributed by atoms with Crippen molar-refractivity contribution in [2.45, 2.75) is 0 Å². The summed E-state index contributed by atoms with van der Waals surface area (Å²) in [5.41, 5.74) is 7.20. The van der Waals surface area contributed by atoms with E-state index in [1.165, 1.54) is 0 Å². The third-order valence-corrected chi connectivity index (χ3v) is 3.64. The van der Waals surface area contributed by atoms with E-state index in [1.54, 1.807) is 42.5 Å². The van der Waals surface area contributed by atoms with Crippen molar-refractivity contribution < 1.29 is 4.79 Å². The summed E-state index contributed by atoms with van der Waals surface area (Å²) >= 11 is 14.3. The topological polar surface area (TPSA) is 55.1 Å². The Kier molecular flexibility index (Phi) is 4.75. The molecule has 0 aliphatic carbocycles. The van der Waals surface area contributed by atoms with E-state index >= 15 is 0 Å². The standard InChI is InChI=1S/C14H10BrClN2OS/c15-10-4-5-11(16)12(7-10)18-14(19)9-3-1-2-8(6-9)13(17)20/h1-7H,(H2,17,20)(H,18,19). The van der Waals surface area contributed by atoms with Crippen LogP contribution in [0, 0.1) is 0 Å². The van der Waals surface area contributed by atoms with E-state index in [2.05, 4.69) is 21.2 Å². The monoisotopic (exact) mass is 368 g/mol. The molecule has 3 nitrogen and oxygen atoms in total. The number of nitrogens with one attached hydrogen (secondary N) is 1. The molecule has 1 amide bonds. The van der Waals surface area contributed by atoms with Crippen molar-refractivity contribution in [1.29, 1.82) is 0 Å². The summed E-state index contributed by atoms with van der Waals surface area (Å²) in [6, 6.07) is 12.0. The number of hydrogen-bond donors (Lipinski definition) is 2. The van der Waals surface area contributed by atoms with Crippen LogP contribution in [0.4, 0.5) is 5.69 Å². The lowest BCUT2D eigenvalue weighted by molar-refractivity contribution is 0.102. The first-order valence-corrected chi connectivity index (χ1v) is 7.21. The average Bonchev–Trinajstić information content (AvgIpc) is 2.43. The molecule has 2 aromatic carbocycles. The minimum atomic E-state index is -0.275. The summed E-state index contributed by atoms with van der Waals surface area (Å²) in [7, 11) is 0. The van der Waals surface area contributed by atoms with Gasteiger partial charge < -0.3 is 11.1 Å². The van der Waals surface area contributed by atoms with E-state index in [-0.39, 0.29) is 10.9 Å². The number of anilines is 1. The molecule has 102 valence electrons. The van der Waals surface area contributed by atoms with Crippen molar-refractivity contribution in [3.63, 3.8) is 0 Å². The van der Waals surface area contributed by atoms with Gasteiger partial charge in [0.2, 0.25) is 0 Å². The maximum atomic E-state index is 12.2. The Morgan fingerprint density at radius 2 is 1.90 bits per heavy atom. The third-order valence-electron chi connectivity index (χ3n) is 2.59. The van der Waals surface area contributed by atoms with Crippen molar-refractivity contribution in [3.05, 3.63) is 63.1 Å². The van der Waals surface area contributed by atoms with Crippen LogP contribution in [0.3, 0.4) is 0 Å². The number of carbonyl (C=O) groups is 1. The molecule has 0 saturated heterocycles. The van der Waals surface area contributed by atoms with Crippen LogP contribution in [-0.2, 0) is 0 Å². The molecule has 0 bridgehead atoms. The number of rotatable bonds is 3. The van der Waals surface area contributed by atoms with Crippen molar-refractivity contribution in [2.24, 2.45) is 5.73 Å². The summed E-state index contributed by atoms with van der Waals surface area (Å²) in [6.45, 7) is 0. The summed E-state index contributed by atoms with van der Waals surface area (Å²) in [6.07, 6.45) is 0. The van der Waals surface area contributed by atoms with Gasteiger partial charge in [0, 0.05) is 15.6 Å². The zero-order valence-electron chi connectivity index (χ0n) is 10.2. The van der Waals surface area contributed by atoms with E-state index < -0.39 is 0 Å². The molecule has 0 atom stereocenters. The van der Waals surface area contributed by atoms with Gasteiger partial charge in [-0.3, -0.25) is 4.79 Å². The highest BCUT2D eigenvalue weighted by atomic mass is 79.9. The molecular formula is C14H10BrClN2OS. The Balaban J connectivity index is 2.26. The zero-order valence-corrected chi connectivity index (χ0v) is 13.3. The average molecular weight is 370 g/mol. The van der Waals surface area contributed by atoms with Crippen molar-refractivity contribution in [3.8, 4) is 0 Å². The fourth-order valence-corrected chi connectivity index (χ4v) is 2.25. The fraction of sp³-hybridized carbons (Fsp3) is 0. The number of nitrogens with two attached hydrogens (primary N) is 1. The van der Waals surface area contributed by atoms with Crippen LogP contribution in [0.1, 0.15) is 15.9 Å². The smallest absolute Gasteiger partial charge is 0.255 e. The molecule has 6 heteroatoms. The van der Waals surface area contributed by atoms with E-state index in [0.29, 0.717) is 21.8 Å². The summed E-state index contributed by atoms with van der Waals surface area (Å²) < 4.78 is 0.828. The quantitative estimate of drug-likeness (QED) is 0.804. The largest absolute Gasteiger partial charge is 0.389 e. The fourth-order valence-electron chi connectivity index (χ4n) is 1.60. The SMILES string of the molecule is NC(=S)c1cccc(C(=O)Nc2cc(Br)ccc2Cl)c1. The van der Waals surface area contributed by atoms with Gasteiger partial charge in [0.1, 0.15) is 4.99 Å². The number of benzene rings is 2. The Hall–Kier alpha value is -1.43. The van der Waals surface area contributed by atoms with E-state index in [0.717, 1.165) is 4.47 Å². The summed E-state index contributed by atoms with van der Waals surface area (Å²) in [5.74, 6) is -0.275. The van der Waals surface area contributed by atoms with Crippen LogP contribution in [0.15, 0.2) is 46.9 Å². The first kappa shape index (κ1) is 15.0. The second-order valence-electron chi connectivity index (χ2n) is 4.02. The summed E-state index contributed by atoms with van der Waals surface area (Å²) in [4.78, 5) is 12.4. The first-order valence-electron chi connectivity index (χ1n) is 5.63. The minimum absolute atomic E-state index is 0.250. The molecule has 0 heterocycles. The molecule has 0 unspecified atom stereocenters. The summed E-state index contributed by atoms with van der Waals surface area (Å²) in [5, 5.41) is 3.21. The highest BCUT2D eigenvalue weighted by Crippen LogP contribution is 2.26. The van der Waals surface area contributed by atoms with Gasteiger partial charge in [-0.05, 0) is 30.3 Å². The molecule has 2 aromatic rings. The number of carbonyl (C=O) groups excluding carboxylic acids is 1. The Labute approximate surface area is 135 Å². The van der Waals surface area contributed by atoms with Gasteiger partial charge in [0.25, 0.3) is 5.91 Å². The zero-order chi connectivity index (χ0) is 14.7. The van der Waals surface area contributed by atoms with Crippen LogP contribution >= 0.6 is 39.7 Å². The van der Waals surface area contributed by atoms with Gasteiger partial charge in [-0.25, -0.2) is 0 Å². The highest BCUT2D eigenvalue weighted by molar-refractivity contribution is 9.10. The van der Waals surface area contributed by atoms with Gasteiger partial charge >= 0.3 is 0 Å². The Morgan fingerprint density at radius 1 is 1.20 bits per heavy atom. The number of amides is 1.